The van der Waals surface area contributed by atoms with Crippen LogP contribution < -0.4 is 0 Å². The molecule has 2 heterocycles. The first kappa shape index (κ1) is 17.4. The Hall–Kier alpha value is -0.430. The highest BCUT2D eigenvalue weighted by atomic mass is 32.2. The fourth-order valence-corrected chi connectivity index (χ4v) is 6.05. The van der Waals surface area contributed by atoms with Crippen molar-refractivity contribution in [3.63, 3.8) is 0 Å². The molecule has 0 aromatic heterocycles. The maximum absolute atomic E-state index is 11.7. The Bertz CT molecular complexity index is 512. The Labute approximate surface area is 140 Å². The quantitative estimate of drug-likeness (QED) is 0.772. The molecule has 0 amide bonds. The molecule has 2 aliphatic heterocycles. The topological polar surface area (TPSA) is 60.9 Å². The zero-order valence-electron chi connectivity index (χ0n) is 13.9. The van der Waals surface area contributed by atoms with Crippen molar-refractivity contribution in [2.45, 2.75) is 44.2 Å². The van der Waals surface area contributed by atoms with Gasteiger partial charge in [0.05, 0.1) is 23.7 Å². The minimum Gasteiger partial charge on any atom is -0.390 e. The molecule has 6 heteroatoms. The number of nitrogens with zero attached hydrogens (tertiary/aromatic N) is 2. The van der Waals surface area contributed by atoms with Crippen LogP contribution >= 0.6 is 0 Å². The van der Waals surface area contributed by atoms with Gasteiger partial charge in [0.15, 0.2) is 9.84 Å². The van der Waals surface area contributed by atoms with Crippen molar-refractivity contribution in [2.24, 2.45) is 5.92 Å². The van der Waals surface area contributed by atoms with Gasteiger partial charge in [-0.15, -0.1) is 0 Å². The average molecular weight is 343 g/mol. The summed E-state index contributed by atoms with van der Waals surface area (Å²) in [7, 11) is -3.05. The molecule has 5 nitrogen and oxygen atoms in total. The summed E-state index contributed by atoms with van der Waals surface area (Å²) in [6, 6.07) is -0.186. The van der Waals surface area contributed by atoms with Crippen LogP contribution in [0.4, 0.5) is 0 Å². The second-order valence-corrected chi connectivity index (χ2v) is 9.55. The Morgan fingerprint density at radius 3 is 2.43 bits per heavy atom. The van der Waals surface area contributed by atoms with Crippen molar-refractivity contribution >= 4 is 9.84 Å². The van der Waals surface area contributed by atoms with Gasteiger partial charge in [0.1, 0.15) is 0 Å². The van der Waals surface area contributed by atoms with Crippen LogP contribution in [0.1, 0.15) is 32.1 Å². The van der Waals surface area contributed by atoms with Crippen molar-refractivity contribution in [3.8, 4) is 0 Å². The summed E-state index contributed by atoms with van der Waals surface area (Å²) in [5.74, 6) is 0.861. The number of aliphatic hydroxyl groups excluding tert-OH is 1. The van der Waals surface area contributed by atoms with Gasteiger partial charge in [-0.1, -0.05) is 12.2 Å². The summed E-state index contributed by atoms with van der Waals surface area (Å²) in [5.41, 5.74) is 0. The number of aliphatic hydroxyl groups is 1. The molecule has 132 valence electrons. The SMILES string of the molecule is O=S1(=O)CC(O)C(N2CCN(CC3CCC=CCCC3)CC2)C1. The summed E-state index contributed by atoms with van der Waals surface area (Å²) in [5, 5.41) is 10.0. The van der Waals surface area contributed by atoms with Crippen molar-refractivity contribution < 1.29 is 13.5 Å². The van der Waals surface area contributed by atoms with Gasteiger partial charge < -0.3 is 10.0 Å². The molecule has 3 atom stereocenters. The van der Waals surface area contributed by atoms with Gasteiger partial charge in [0, 0.05) is 32.7 Å². The van der Waals surface area contributed by atoms with Gasteiger partial charge in [-0.3, -0.25) is 4.90 Å². The van der Waals surface area contributed by atoms with E-state index in [4.69, 9.17) is 0 Å². The van der Waals surface area contributed by atoms with Crippen LogP contribution in [0.3, 0.4) is 0 Å². The minimum atomic E-state index is -3.05. The van der Waals surface area contributed by atoms with Crippen LogP contribution in [0.15, 0.2) is 12.2 Å². The van der Waals surface area contributed by atoms with Crippen molar-refractivity contribution in [3.05, 3.63) is 12.2 Å². The first-order chi connectivity index (χ1) is 11.0. The lowest BCUT2D eigenvalue weighted by atomic mass is 9.93. The zero-order valence-corrected chi connectivity index (χ0v) is 14.8. The molecule has 23 heavy (non-hydrogen) atoms. The first-order valence-corrected chi connectivity index (χ1v) is 10.9. The standard InChI is InChI=1S/C17H30N2O3S/c20-17-14-23(21,22)13-16(17)19-10-8-18(9-11-19)12-15-6-4-2-1-3-5-7-15/h1-2,15-17,20H,3-14H2. The molecule has 3 rings (SSSR count). The minimum absolute atomic E-state index is 0.0620. The van der Waals surface area contributed by atoms with Crippen LogP contribution in [0, 0.1) is 5.92 Å². The van der Waals surface area contributed by atoms with E-state index in [-0.39, 0.29) is 17.5 Å². The Morgan fingerprint density at radius 2 is 1.74 bits per heavy atom. The average Bonchev–Trinajstić information content (AvgIpc) is 2.75. The molecule has 2 fully saturated rings. The van der Waals surface area contributed by atoms with Crippen molar-refractivity contribution in [2.75, 3.05) is 44.2 Å². The molecule has 0 saturated carbocycles. The molecule has 0 aromatic rings. The molecular formula is C17H30N2O3S. The van der Waals surface area contributed by atoms with E-state index in [1.165, 1.54) is 38.6 Å². The third-order valence-corrected chi connectivity index (χ3v) is 7.28. The number of sulfone groups is 1. The maximum atomic E-state index is 11.7. The van der Waals surface area contributed by atoms with E-state index >= 15 is 0 Å². The van der Waals surface area contributed by atoms with Crippen LogP contribution in [0.2, 0.25) is 0 Å². The molecule has 0 spiro atoms. The van der Waals surface area contributed by atoms with Crippen LogP contribution in [0.25, 0.3) is 0 Å². The van der Waals surface area contributed by atoms with Gasteiger partial charge in [-0.25, -0.2) is 8.42 Å². The van der Waals surface area contributed by atoms with Crippen LogP contribution in [-0.4, -0.2) is 79.7 Å². The smallest absolute Gasteiger partial charge is 0.154 e. The third-order valence-electron chi connectivity index (χ3n) is 5.58. The fourth-order valence-electron chi connectivity index (χ4n) is 4.22. The van der Waals surface area contributed by atoms with E-state index in [1.807, 2.05) is 0 Å². The van der Waals surface area contributed by atoms with Gasteiger partial charge in [-0.05, 0) is 38.0 Å². The molecule has 0 radical (unpaired) electrons. The lowest BCUT2D eigenvalue weighted by Crippen LogP contribution is -2.54. The number of hydrogen-bond donors (Lipinski definition) is 1. The second-order valence-electron chi connectivity index (χ2n) is 7.39. The normalized spacial score (nSPS) is 36.7. The summed E-state index contributed by atoms with van der Waals surface area (Å²) in [4.78, 5) is 4.72. The summed E-state index contributed by atoms with van der Waals surface area (Å²) in [6.45, 7) is 4.92. The highest BCUT2D eigenvalue weighted by molar-refractivity contribution is 7.91. The Balaban J connectivity index is 1.46. The number of rotatable bonds is 3. The van der Waals surface area contributed by atoms with Crippen molar-refractivity contribution in [1.29, 1.82) is 0 Å². The largest absolute Gasteiger partial charge is 0.390 e. The zero-order chi connectivity index (χ0) is 16.3. The van der Waals surface area contributed by atoms with E-state index in [2.05, 4.69) is 22.0 Å². The van der Waals surface area contributed by atoms with Gasteiger partial charge in [0.25, 0.3) is 0 Å². The summed E-state index contributed by atoms with van der Waals surface area (Å²) >= 11 is 0. The lowest BCUT2D eigenvalue weighted by Gasteiger charge is -2.39. The van der Waals surface area contributed by atoms with Gasteiger partial charge >= 0.3 is 0 Å². The molecule has 3 unspecified atom stereocenters. The molecule has 1 N–H and O–H groups in total. The molecule has 3 aliphatic rings. The number of hydrogen-bond acceptors (Lipinski definition) is 5. The van der Waals surface area contributed by atoms with Gasteiger partial charge in [-0.2, -0.15) is 0 Å². The third kappa shape index (κ3) is 4.78. The lowest BCUT2D eigenvalue weighted by molar-refractivity contribution is 0.0392. The molecule has 1 aliphatic carbocycles. The second kappa shape index (κ2) is 7.64. The van der Waals surface area contributed by atoms with Crippen molar-refractivity contribution in [1.82, 2.24) is 9.80 Å². The predicted molar refractivity (Wildman–Crippen MR) is 92.2 cm³/mol. The number of piperazine rings is 1. The monoisotopic (exact) mass is 342 g/mol. The molecule has 2 saturated heterocycles. The molecule has 0 bridgehead atoms. The molecular weight excluding hydrogens is 312 g/mol. The summed E-state index contributed by atoms with van der Waals surface area (Å²) in [6.07, 6.45) is 10.3. The Morgan fingerprint density at radius 1 is 1.00 bits per heavy atom. The first-order valence-electron chi connectivity index (χ1n) is 9.03. The van der Waals surface area contributed by atoms with E-state index < -0.39 is 15.9 Å². The molecule has 0 aromatic carbocycles. The van der Waals surface area contributed by atoms with E-state index in [0.29, 0.717) is 0 Å². The fraction of sp³-hybridized carbons (Fsp3) is 0.882. The van der Waals surface area contributed by atoms with Gasteiger partial charge in [0.2, 0.25) is 0 Å². The van der Waals surface area contributed by atoms with Crippen LogP contribution in [0.5, 0.6) is 0 Å². The predicted octanol–water partition coefficient (Wildman–Crippen LogP) is 0.898. The van der Waals surface area contributed by atoms with E-state index in [1.54, 1.807) is 0 Å². The Kier molecular flexibility index (Phi) is 5.78. The summed E-state index contributed by atoms with van der Waals surface area (Å²) < 4.78 is 23.4. The highest BCUT2D eigenvalue weighted by Crippen LogP contribution is 2.23. The van der Waals surface area contributed by atoms with E-state index in [0.717, 1.165) is 32.1 Å². The maximum Gasteiger partial charge on any atom is 0.154 e. The number of allylic oxidation sites excluding steroid dienone is 2. The van der Waals surface area contributed by atoms with Crippen LogP contribution in [-0.2, 0) is 9.84 Å². The highest BCUT2D eigenvalue weighted by Gasteiger charge is 2.40. The van der Waals surface area contributed by atoms with E-state index in [9.17, 15) is 13.5 Å².